The minimum Gasteiger partial charge on any atom is -0.390 e. The molecule has 0 saturated carbocycles. The van der Waals surface area contributed by atoms with Crippen LogP contribution in [0.2, 0.25) is 0 Å². The maximum absolute atomic E-state index is 13.0. The number of aryl methyl sites for hydroxylation is 1. The molecule has 0 N–H and O–H groups in total. The van der Waals surface area contributed by atoms with E-state index in [1.807, 2.05) is 31.2 Å². The van der Waals surface area contributed by atoms with Gasteiger partial charge in [-0.1, -0.05) is 36.3 Å². The fourth-order valence-corrected chi connectivity index (χ4v) is 1.82. The number of benzene rings is 2. The normalized spacial score (nSPS) is 10.9. The Hall–Kier alpha value is -2.23. The second kappa shape index (κ2) is 6.80. The maximum Gasteiger partial charge on any atom is 0.142 e. The number of hydrogen-bond acceptors (Lipinski definition) is 2. The number of nitrogens with zero attached hydrogens (tertiary/aromatic N) is 1. The molecule has 1 radical (unpaired) electrons. The molecule has 0 aliphatic carbocycles. The Morgan fingerprint density at radius 1 is 1.10 bits per heavy atom. The zero-order valence-corrected chi connectivity index (χ0v) is 11.1. The van der Waals surface area contributed by atoms with Crippen LogP contribution in [-0.2, 0) is 17.9 Å². The van der Waals surface area contributed by atoms with Gasteiger partial charge in [0.05, 0.1) is 0 Å². The number of halogens is 2. The molecule has 4 heteroatoms. The fraction of sp³-hybridized carbons (Fsp3) is 0.188. The molecule has 2 rings (SSSR count). The summed E-state index contributed by atoms with van der Waals surface area (Å²) in [6.45, 7) is 2.03. The number of rotatable bonds is 5. The molecule has 0 saturated heterocycles. The van der Waals surface area contributed by atoms with Gasteiger partial charge in [0.15, 0.2) is 0 Å². The highest BCUT2D eigenvalue weighted by molar-refractivity contribution is 5.81. The molecule has 0 bridgehead atoms. The predicted molar refractivity (Wildman–Crippen MR) is 73.5 cm³/mol. The van der Waals surface area contributed by atoms with Gasteiger partial charge >= 0.3 is 0 Å². The van der Waals surface area contributed by atoms with E-state index >= 15 is 0 Å². The van der Waals surface area contributed by atoms with Gasteiger partial charge in [-0.2, -0.15) is 0 Å². The molecule has 2 aromatic rings. The lowest BCUT2D eigenvalue weighted by Gasteiger charge is -2.02. The highest BCUT2D eigenvalue weighted by atomic mass is 19.1. The quantitative estimate of drug-likeness (QED) is 0.597. The number of hydrogen-bond donors (Lipinski definition) is 0. The lowest BCUT2D eigenvalue weighted by Crippen LogP contribution is -1.93. The van der Waals surface area contributed by atoms with Crippen molar-refractivity contribution in [1.29, 1.82) is 0 Å². The first-order chi connectivity index (χ1) is 9.69. The second-order valence-electron chi connectivity index (χ2n) is 4.26. The molecule has 103 valence electrons. The third kappa shape index (κ3) is 3.88. The second-order valence-corrected chi connectivity index (χ2v) is 4.26. The van der Waals surface area contributed by atoms with Crippen LogP contribution in [0.1, 0.15) is 23.6 Å². The highest BCUT2D eigenvalue weighted by Crippen LogP contribution is 2.10. The molecule has 0 spiro atoms. The van der Waals surface area contributed by atoms with Crippen molar-refractivity contribution in [2.24, 2.45) is 5.16 Å². The van der Waals surface area contributed by atoms with Gasteiger partial charge < -0.3 is 4.84 Å². The Bertz CT molecular complexity index is 591. The molecule has 0 atom stereocenters. The summed E-state index contributed by atoms with van der Waals surface area (Å²) in [6, 6.07) is 10.9. The van der Waals surface area contributed by atoms with E-state index in [9.17, 15) is 8.78 Å². The van der Waals surface area contributed by atoms with Gasteiger partial charge in [0.1, 0.15) is 24.5 Å². The molecule has 0 fully saturated rings. The molecule has 0 heterocycles. The average molecular weight is 274 g/mol. The first-order valence-corrected chi connectivity index (χ1v) is 6.30. The zero-order chi connectivity index (χ0) is 14.4. The van der Waals surface area contributed by atoms with Crippen LogP contribution in [0.25, 0.3) is 0 Å². The summed E-state index contributed by atoms with van der Waals surface area (Å²) >= 11 is 0. The lowest BCUT2D eigenvalue weighted by molar-refractivity contribution is 0.131. The van der Waals surface area contributed by atoms with Gasteiger partial charge in [-0.25, -0.2) is 8.78 Å². The van der Waals surface area contributed by atoms with Crippen molar-refractivity contribution >= 4 is 6.21 Å². The lowest BCUT2D eigenvalue weighted by atomic mass is 10.1. The van der Waals surface area contributed by atoms with Crippen LogP contribution >= 0.6 is 0 Å². The van der Waals surface area contributed by atoms with Crippen LogP contribution in [0.5, 0.6) is 0 Å². The Balaban J connectivity index is 1.97. The van der Waals surface area contributed by atoms with Crippen LogP contribution in [0, 0.1) is 11.6 Å². The van der Waals surface area contributed by atoms with E-state index in [1.165, 1.54) is 12.1 Å². The molecule has 2 aromatic carbocycles. The van der Waals surface area contributed by atoms with Crippen molar-refractivity contribution in [3.63, 3.8) is 0 Å². The topological polar surface area (TPSA) is 21.6 Å². The predicted octanol–water partition coefficient (Wildman–Crippen LogP) is 3.95. The average Bonchev–Trinajstić information content (AvgIpc) is 2.43. The molecule has 20 heavy (non-hydrogen) atoms. The minimum atomic E-state index is -0.632. The molecule has 0 amide bonds. The summed E-state index contributed by atoms with van der Waals surface area (Å²) in [7, 11) is 0. The van der Waals surface area contributed by atoms with Crippen molar-refractivity contribution in [2.45, 2.75) is 20.0 Å². The van der Waals surface area contributed by atoms with Crippen LogP contribution in [-0.4, -0.2) is 6.21 Å². The Kier molecular flexibility index (Phi) is 4.82. The van der Waals surface area contributed by atoms with Crippen molar-refractivity contribution < 1.29 is 13.6 Å². The SMILES string of the molecule is CCc1ccccc1/[C]=N\OCc1cc(F)cc(F)c1. The van der Waals surface area contributed by atoms with E-state index < -0.39 is 11.6 Å². The van der Waals surface area contributed by atoms with Crippen LogP contribution in [0.4, 0.5) is 8.78 Å². The summed E-state index contributed by atoms with van der Waals surface area (Å²) in [5.41, 5.74) is 2.34. The minimum absolute atomic E-state index is 0.00400. The van der Waals surface area contributed by atoms with E-state index in [4.69, 9.17) is 4.84 Å². The van der Waals surface area contributed by atoms with Gasteiger partial charge in [-0.05, 0) is 29.7 Å². The van der Waals surface area contributed by atoms with Gasteiger partial charge in [0.2, 0.25) is 0 Å². The Morgan fingerprint density at radius 2 is 1.80 bits per heavy atom. The van der Waals surface area contributed by atoms with Crippen molar-refractivity contribution in [3.05, 3.63) is 70.8 Å². The highest BCUT2D eigenvalue weighted by Gasteiger charge is 2.01. The largest absolute Gasteiger partial charge is 0.390 e. The van der Waals surface area contributed by atoms with E-state index in [2.05, 4.69) is 11.4 Å². The first-order valence-electron chi connectivity index (χ1n) is 6.30. The zero-order valence-electron chi connectivity index (χ0n) is 11.1. The smallest absolute Gasteiger partial charge is 0.142 e. The van der Waals surface area contributed by atoms with Crippen molar-refractivity contribution in [1.82, 2.24) is 0 Å². The monoisotopic (exact) mass is 274 g/mol. The van der Waals surface area contributed by atoms with Gasteiger partial charge in [-0.15, -0.1) is 0 Å². The van der Waals surface area contributed by atoms with E-state index in [0.29, 0.717) is 5.56 Å². The maximum atomic E-state index is 13.0. The third-order valence-electron chi connectivity index (χ3n) is 2.78. The standard InChI is InChI=1S/C16H14F2NO/c1-2-13-5-3-4-6-14(13)10-19-20-11-12-7-15(17)9-16(18)8-12/h3-9H,2,11H2,1H3. The molecule has 0 aromatic heterocycles. The molecule has 2 nitrogen and oxygen atoms in total. The van der Waals surface area contributed by atoms with Gasteiger partial charge in [-0.3, -0.25) is 0 Å². The summed E-state index contributed by atoms with van der Waals surface area (Å²) in [5.74, 6) is -1.26. The van der Waals surface area contributed by atoms with E-state index in [-0.39, 0.29) is 6.61 Å². The fourth-order valence-electron chi connectivity index (χ4n) is 1.82. The van der Waals surface area contributed by atoms with E-state index in [1.54, 1.807) is 0 Å². The molecular formula is C16H14F2NO. The van der Waals surface area contributed by atoms with Gasteiger partial charge in [0, 0.05) is 11.6 Å². The summed E-state index contributed by atoms with van der Waals surface area (Å²) in [4.78, 5) is 5.01. The summed E-state index contributed by atoms with van der Waals surface area (Å²) in [5, 5.41) is 3.71. The molecule has 0 aliphatic rings. The molecule has 0 aliphatic heterocycles. The van der Waals surface area contributed by atoms with E-state index in [0.717, 1.165) is 23.6 Å². The van der Waals surface area contributed by atoms with Crippen molar-refractivity contribution in [2.75, 3.05) is 0 Å². The third-order valence-corrected chi connectivity index (χ3v) is 2.78. The first kappa shape index (κ1) is 14.2. The van der Waals surface area contributed by atoms with Crippen LogP contribution < -0.4 is 0 Å². The Labute approximate surface area is 116 Å². The van der Waals surface area contributed by atoms with Crippen molar-refractivity contribution in [3.8, 4) is 0 Å². The summed E-state index contributed by atoms with van der Waals surface area (Å²) in [6.07, 6.45) is 3.65. The Morgan fingerprint density at radius 3 is 2.50 bits per heavy atom. The molecular weight excluding hydrogens is 260 g/mol. The van der Waals surface area contributed by atoms with Crippen LogP contribution in [0.3, 0.4) is 0 Å². The molecule has 0 unspecified atom stereocenters. The van der Waals surface area contributed by atoms with Crippen LogP contribution in [0.15, 0.2) is 47.6 Å². The summed E-state index contributed by atoms with van der Waals surface area (Å²) < 4.78 is 25.9. The van der Waals surface area contributed by atoms with Gasteiger partial charge in [0.25, 0.3) is 0 Å².